The SMILES string of the molecule is COc1ccc(C(O)C(O)CCNC(C)=O)cc1CC(=O)O. The molecule has 0 aliphatic carbocycles. The Morgan fingerprint density at radius 1 is 1.32 bits per heavy atom. The van der Waals surface area contributed by atoms with Gasteiger partial charge in [0.15, 0.2) is 0 Å². The van der Waals surface area contributed by atoms with Gasteiger partial charge in [-0.05, 0) is 24.1 Å². The highest BCUT2D eigenvalue weighted by Gasteiger charge is 2.20. The molecule has 0 aliphatic rings. The molecule has 1 rings (SSSR count). The molecule has 122 valence electrons. The average Bonchev–Trinajstić information content (AvgIpc) is 2.45. The van der Waals surface area contributed by atoms with Crippen LogP contribution in [-0.2, 0) is 16.0 Å². The fourth-order valence-corrected chi connectivity index (χ4v) is 2.06. The Morgan fingerprint density at radius 3 is 2.55 bits per heavy atom. The third-order valence-electron chi connectivity index (χ3n) is 3.17. The summed E-state index contributed by atoms with van der Waals surface area (Å²) in [5.41, 5.74) is 0.813. The Morgan fingerprint density at radius 2 is 2.00 bits per heavy atom. The van der Waals surface area contributed by atoms with Gasteiger partial charge in [-0.1, -0.05) is 6.07 Å². The summed E-state index contributed by atoms with van der Waals surface area (Å²) < 4.78 is 5.08. The average molecular weight is 311 g/mol. The number of hydrogen-bond acceptors (Lipinski definition) is 5. The van der Waals surface area contributed by atoms with Crippen LogP contribution in [0.5, 0.6) is 5.75 Å². The lowest BCUT2D eigenvalue weighted by Gasteiger charge is -2.19. The zero-order valence-electron chi connectivity index (χ0n) is 12.6. The quantitative estimate of drug-likeness (QED) is 0.546. The molecule has 0 aromatic heterocycles. The summed E-state index contributed by atoms with van der Waals surface area (Å²) in [5.74, 6) is -0.822. The molecule has 0 aliphatic heterocycles. The maximum atomic E-state index is 10.8. The van der Waals surface area contributed by atoms with Crippen molar-refractivity contribution in [2.75, 3.05) is 13.7 Å². The van der Waals surface area contributed by atoms with E-state index in [0.29, 0.717) is 16.9 Å². The number of carboxylic acids is 1. The summed E-state index contributed by atoms with van der Waals surface area (Å²) in [6.07, 6.45) is -2.31. The standard InChI is InChI=1S/C15H21NO6/c1-9(17)16-6-5-12(18)15(21)10-3-4-13(22-2)11(7-10)8-14(19)20/h3-4,7,12,15,18,21H,5-6,8H2,1-2H3,(H,16,17)(H,19,20). The van der Waals surface area contributed by atoms with Gasteiger partial charge >= 0.3 is 5.97 Å². The van der Waals surface area contributed by atoms with Crippen LogP contribution in [0.3, 0.4) is 0 Å². The summed E-state index contributed by atoms with van der Waals surface area (Å²) in [7, 11) is 1.43. The molecule has 0 saturated carbocycles. The Hall–Kier alpha value is -2.12. The van der Waals surface area contributed by atoms with Gasteiger partial charge in [-0.25, -0.2) is 0 Å². The van der Waals surface area contributed by atoms with E-state index < -0.39 is 18.2 Å². The molecule has 0 spiro atoms. The molecule has 7 nitrogen and oxygen atoms in total. The monoisotopic (exact) mass is 311 g/mol. The largest absolute Gasteiger partial charge is 0.496 e. The second-order valence-electron chi connectivity index (χ2n) is 4.93. The van der Waals surface area contributed by atoms with Crippen molar-refractivity contribution < 1.29 is 29.6 Å². The second-order valence-corrected chi connectivity index (χ2v) is 4.93. The third-order valence-corrected chi connectivity index (χ3v) is 3.17. The molecule has 4 N–H and O–H groups in total. The van der Waals surface area contributed by atoms with E-state index in [4.69, 9.17) is 9.84 Å². The summed E-state index contributed by atoms with van der Waals surface area (Å²) >= 11 is 0. The van der Waals surface area contributed by atoms with Gasteiger partial charge in [0, 0.05) is 19.0 Å². The molecular formula is C15H21NO6. The van der Waals surface area contributed by atoms with Gasteiger partial charge < -0.3 is 25.4 Å². The van der Waals surface area contributed by atoms with Crippen LogP contribution in [0.4, 0.5) is 0 Å². The number of hydrogen-bond donors (Lipinski definition) is 4. The minimum absolute atomic E-state index is 0.182. The maximum Gasteiger partial charge on any atom is 0.307 e. The molecule has 0 saturated heterocycles. The van der Waals surface area contributed by atoms with Crippen LogP contribution in [-0.4, -0.2) is 47.0 Å². The number of benzene rings is 1. The van der Waals surface area contributed by atoms with Crippen LogP contribution >= 0.6 is 0 Å². The van der Waals surface area contributed by atoms with Crippen LogP contribution in [0, 0.1) is 0 Å². The molecule has 7 heteroatoms. The van der Waals surface area contributed by atoms with Gasteiger partial charge in [0.2, 0.25) is 5.91 Å². The van der Waals surface area contributed by atoms with E-state index in [1.54, 1.807) is 12.1 Å². The Kier molecular flexibility index (Phi) is 6.81. The fraction of sp³-hybridized carbons (Fsp3) is 0.467. The van der Waals surface area contributed by atoms with Crippen molar-refractivity contribution in [3.8, 4) is 5.75 Å². The number of aliphatic hydroxyl groups excluding tert-OH is 2. The lowest BCUT2D eigenvalue weighted by Crippen LogP contribution is -2.27. The number of carbonyl (C=O) groups excluding carboxylic acids is 1. The van der Waals surface area contributed by atoms with Gasteiger partial charge in [-0.2, -0.15) is 0 Å². The molecule has 1 amide bonds. The maximum absolute atomic E-state index is 10.8. The fourth-order valence-electron chi connectivity index (χ4n) is 2.06. The topological polar surface area (TPSA) is 116 Å². The number of ether oxygens (including phenoxy) is 1. The van der Waals surface area contributed by atoms with Gasteiger partial charge in [0.25, 0.3) is 0 Å². The van der Waals surface area contributed by atoms with E-state index in [2.05, 4.69) is 5.32 Å². The van der Waals surface area contributed by atoms with Gasteiger partial charge in [0.05, 0.1) is 19.6 Å². The van der Waals surface area contributed by atoms with E-state index in [1.165, 1.54) is 20.1 Å². The summed E-state index contributed by atoms with van der Waals surface area (Å²) in [6.45, 7) is 1.61. The van der Waals surface area contributed by atoms with Crippen LogP contribution in [0.15, 0.2) is 18.2 Å². The zero-order chi connectivity index (χ0) is 16.7. The molecular weight excluding hydrogens is 290 g/mol. The van der Waals surface area contributed by atoms with Crippen molar-refractivity contribution in [1.29, 1.82) is 0 Å². The molecule has 0 heterocycles. The summed E-state index contributed by atoms with van der Waals surface area (Å²) in [5, 5.41) is 31.5. The molecule has 1 aromatic rings. The molecule has 22 heavy (non-hydrogen) atoms. The van der Waals surface area contributed by atoms with Crippen LogP contribution in [0.1, 0.15) is 30.6 Å². The normalized spacial score (nSPS) is 13.3. The Labute approximate surface area is 128 Å². The Bertz CT molecular complexity index is 531. The van der Waals surface area contributed by atoms with Crippen molar-refractivity contribution >= 4 is 11.9 Å². The van der Waals surface area contributed by atoms with E-state index in [9.17, 15) is 19.8 Å². The van der Waals surface area contributed by atoms with Crippen molar-refractivity contribution in [3.05, 3.63) is 29.3 Å². The lowest BCUT2D eigenvalue weighted by atomic mass is 9.98. The van der Waals surface area contributed by atoms with Crippen molar-refractivity contribution in [2.45, 2.75) is 32.0 Å². The highest BCUT2D eigenvalue weighted by Crippen LogP contribution is 2.26. The second kappa shape index (κ2) is 8.35. The number of carbonyl (C=O) groups is 2. The van der Waals surface area contributed by atoms with E-state index in [-0.39, 0.29) is 25.3 Å². The number of aliphatic hydroxyl groups is 2. The highest BCUT2D eigenvalue weighted by atomic mass is 16.5. The predicted molar refractivity (Wildman–Crippen MR) is 78.6 cm³/mol. The number of amides is 1. The Balaban J connectivity index is 2.81. The minimum Gasteiger partial charge on any atom is -0.496 e. The first kappa shape index (κ1) is 17.9. The van der Waals surface area contributed by atoms with E-state index in [1.807, 2.05) is 0 Å². The molecule has 2 atom stereocenters. The van der Waals surface area contributed by atoms with Gasteiger partial charge in [-0.15, -0.1) is 0 Å². The number of rotatable bonds is 8. The molecule has 1 aromatic carbocycles. The molecule has 0 bridgehead atoms. The molecule has 0 fully saturated rings. The first-order chi connectivity index (χ1) is 10.3. The van der Waals surface area contributed by atoms with Gasteiger partial charge in [-0.3, -0.25) is 9.59 Å². The van der Waals surface area contributed by atoms with Gasteiger partial charge in [0.1, 0.15) is 11.9 Å². The van der Waals surface area contributed by atoms with E-state index >= 15 is 0 Å². The first-order valence-electron chi connectivity index (χ1n) is 6.84. The zero-order valence-corrected chi connectivity index (χ0v) is 12.6. The minimum atomic E-state index is -1.17. The smallest absolute Gasteiger partial charge is 0.307 e. The first-order valence-corrected chi connectivity index (χ1v) is 6.84. The number of nitrogens with one attached hydrogen (secondary N) is 1. The van der Waals surface area contributed by atoms with Crippen molar-refractivity contribution in [3.63, 3.8) is 0 Å². The third kappa shape index (κ3) is 5.34. The van der Waals surface area contributed by atoms with Crippen LogP contribution in [0.2, 0.25) is 0 Å². The predicted octanol–water partition coefficient (Wildman–Crippen LogP) is 0.243. The number of carboxylic acid groups (broad SMARTS) is 1. The summed E-state index contributed by atoms with van der Waals surface area (Å²) in [6, 6.07) is 4.62. The molecule has 2 unspecified atom stereocenters. The van der Waals surface area contributed by atoms with Crippen LogP contribution in [0.25, 0.3) is 0 Å². The highest BCUT2D eigenvalue weighted by molar-refractivity contribution is 5.72. The lowest BCUT2D eigenvalue weighted by molar-refractivity contribution is -0.136. The number of methoxy groups -OCH3 is 1. The summed E-state index contributed by atoms with van der Waals surface area (Å²) in [4.78, 5) is 21.6. The van der Waals surface area contributed by atoms with Crippen molar-refractivity contribution in [2.24, 2.45) is 0 Å². The van der Waals surface area contributed by atoms with E-state index in [0.717, 1.165) is 0 Å². The van der Waals surface area contributed by atoms with Crippen LogP contribution < -0.4 is 10.1 Å². The van der Waals surface area contributed by atoms with Crippen molar-refractivity contribution in [1.82, 2.24) is 5.32 Å². The molecule has 0 radical (unpaired) electrons. The number of aliphatic carboxylic acids is 1.